The summed E-state index contributed by atoms with van der Waals surface area (Å²) in [5, 5.41) is 0. The van der Waals surface area contributed by atoms with Crippen LogP contribution in [0.25, 0.3) is 6.08 Å². The first kappa shape index (κ1) is 16.9. The van der Waals surface area contributed by atoms with Crippen LogP contribution < -0.4 is 0 Å². The first-order valence-corrected chi connectivity index (χ1v) is 9.28. The van der Waals surface area contributed by atoms with Crippen molar-refractivity contribution in [3.63, 3.8) is 0 Å². The molecule has 0 fully saturated rings. The van der Waals surface area contributed by atoms with E-state index < -0.39 is 10.0 Å². The van der Waals surface area contributed by atoms with E-state index in [2.05, 4.69) is 4.40 Å². The van der Waals surface area contributed by atoms with Crippen molar-refractivity contribution in [2.45, 2.75) is 4.90 Å². The largest absolute Gasteiger partial charge is 0.282 e. The van der Waals surface area contributed by atoms with Gasteiger partial charge in [-0.3, -0.25) is 0 Å². The highest BCUT2D eigenvalue weighted by Crippen LogP contribution is 2.15. The predicted octanol–water partition coefficient (Wildman–Crippen LogP) is 4.58. The van der Waals surface area contributed by atoms with E-state index in [0.717, 1.165) is 11.1 Å². The molecule has 3 aromatic carbocycles. The zero-order valence-electron chi connectivity index (χ0n) is 13.5. The Hall–Kier alpha value is -2.98. The van der Waals surface area contributed by atoms with Crippen LogP contribution in [0.2, 0.25) is 0 Å². The number of hydrogen-bond donors (Lipinski definition) is 0. The molecule has 0 aliphatic rings. The zero-order chi connectivity index (χ0) is 17.5. The quantitative estimate of drug-likeness (QED) is 0.634. The molecule has 0 saturated carbocycles. The normalized spacial score (nSPS) is 12.4. The van der Waals surface area contributed by atoms with E-state index >= 15 is 0 Å². The van der Waals surface area contributed by atoms with Gasteiger partial charge < -0.3 is 0 Å². The lowest BCUT2D eigenvalue weighted by atomic mass is 10.1. The molecule has 0 saturated heterocycles. The standard InChI is InChI=1S/C21H17NO2S/c23-25(24,20-14-8-3-9-15-20)22-21(19-12-6-2-7-13-19)17-16-18-10-4-1-5-11-18/h1-17H/b17-16+,22-21-. The molecule has 3 nitrogen and oxygen atoms in total. The first-order chi connectivity index (χ1) is 12.1. The van der Waals surface area contributed by atoms with Crippen molar-refractivity contribution in [2.24, 2.45) is 4.40 Å². The number of benzene rings is 3. The van der Waals surface area contributed by atoms with E-state index in [9.17, 15) is 8.42 Å². The van der Waals surface area contributed by atoms with Gasteiger partial charge in [-0.15, -0.1) is 0 Å². The topological polar surface area (TPSA) is 46.5 Å². The van der Waals surface area contributed by atoms with Gasteiger partial charge in [0.25, 0.3) is 10.0 Å². The Morgan fingerprint density at radius 3 is 1.84 bits per heavy atom. The molecule has 4 heteroatoms. The highest BCUT2D eigenvalue weighted by atomic mass is 32.2. The Balaban J connectivity index is 2.04. The third-order valence-corrected chi connectivity index (χ3v) is 4.87. The van der Waals surface area contributed by atoms with Crippen LogP contribution in [-0.2, 0) is 10.0 Å². The van der Waals surface area contributed by atoms with Crippen molar-refractivity contribution in [1.82, 2.24) is 0 Å². The third kappa shape index (κ3) is 4.52. The smallest absolute Gasteiger partial charge is 0.199 e. The summed E-state index contributed by atoms with van der Waals surface area (Å²) in [6.45, 7) is 0. The van der Waals surface area contributed by atoms with Crippen LogP contribution in [0.15, 0.2) is 106 Å². The van der Waals surface area contributed by atoms with E-state index in [1.54, 1.807) is 36.4 Å². The average molecular weight is 347 g/mol. The van der Waals surface area contributed by atoms with E-state index in [1.807, 2.05) is 66.7 Å². The molecule has 3 rings (SSSR count). The molecule has 3 aromatic rings. The fraction of sp³-hybridized carbons (Fsp3) is 0. The van der Waals surface area contributed by atoms with Gasteiger partial charge in [-0.05, 0) is 23.8 Å². The minimum atomic E-state index is -3.78. The van der Waals surface area contributed by atoms with Gasteiger partial charge in [-0.2, -0.15) is 12.8 Å². The van der Waals surface area contributed by atoms with Crippen LogP contribution in [0.1, 0.15) is 11.1 Å². The average Bonchev–Trinajstić information content (AvgIpc) is 2.67. The first-order valence-electron chi connectivity index (χ1n) is 7.84. The van der Waals surface area contributed by atoms with Gasteiger partial charge in [-0.25, -0.2) is 0 Å². The molecule has 0 N–H and O–H groups in total. The molecule has 0 unspecified atom stereocenters. The van der Waals surface area contributed by atoms with Crippen molar-refractivity contribution in [1.29, 1.82) is 0 Å². The number of rotatable bonds is 5. The number of sulfonamides is 1. The van der Waals surface area contributed by atoms with E-state index in [-0.39, 0.29) is 4.90 Å². The Kier molecular flexibility index (Phi) is 5.21. The molecule has 0 heterocycles. The van der Waals surface area contributed by atoms with Gasteiger partial charge in [0.15, 0.2) is 0 Å². The van der Waals surface area contributed by atoms with Crippen molar-refractivity contribution < 1.29 is 8.42 Å². The molecular formula is C21H17NO2S. The molecule has 0 aromatic heterocycles. The molecule has 0 radical (unpaired) electrons. The predicted molar refractivity (Wildman–Crippen MR) is 102 cm³/mol. The number of hydrogen-bond acceptors (Lipinski definition) is 2. The fourth-order valence-electron chi connectivity index (χ4n) is 2.30. The van der Waals surface area contributed by atoms with Crippen molar-refractivity contribution in [3.8, 4) is 0 Å². The van der Waals surface area contributed by atoms with Gasteiger partial charge in [0.05, 0.1) is 10.6 Å². The Morgan fingerprint density at radius 1 is 0.720 bits per heavy atom. The molecule has 0 aliphatic carbocycles. The summed E-state index contributed by atoms with van der Waals surface area (Å²) in [6.07, 6.45) is 3.58. The monoisotopic (exact) mass is 347 g/mol. The minimum absolute atomic E-state index is 0.177. The lowest BCUT2D eigenvalue weighted by Crippen LogP contribution is -2.04. The van der Waals surface area contributed by atoms with Gasteiger partial charge in [-0.1, -0.05) is 84.9 Å². The second kappa shape index (κ2) is 7.73. The zero-order valence-corrected chi connectivity index (χ0v) is 14.3. The summed E-state index contributed by atoms with van der Waals surface area (Å²) in [4.78, 5) is 0.177. The highest BCUT2D eigenvalue weighted by Gasteiger charge is 2.13. The molecule has 0 spiro atoms. The Labute approximate surface area is 148 Å². The Morgan fingerprint density at radius 2 is 1.24 bits per heavy atom. The van der Waals surface area contributed by atoms with E-state index in [1.165, 1.54) is 0 Å². The number of nitrogens with zero attached hydrogens (tertiary/aromatic N) is 1. The molecule has 124 valence electrons. The van der Waals surface area contributed by atoms with E-state index in [0.29, 0.717) is 5.71 Å². The van der Waals surface area contributed by atoms with E-state index in [4.69, 9.17) is 0 Å². The van der Waals surface area contributed by atoms with Gasteiger partial charge in [0.2, 0.25) is 0 Å². The van der Waals surface area contributed by atoms with Crippen LogP contribution in [0.5, 0.6) is 0 Å². The summed E-state index contributed by atoms with van der Waals surface area (Å²) in [5.41, 5.74) is 2.12. The lowest BCUT2D eigenvalue weighted by Gasteiger charge is -2.04. The molecule has 0 atom stereocenters. The van der Waals surface area contributed by atoms with Crippen molar-refractivity contribution in [3.05, 3.63) is 108 Å². The third-order valence-electron chi connectivity index (χ3n) is 3.56. The van der Waals surface area contributed by atoms with Gasteiger partial charge in [0, 0.05) is 5.56 Å². The Bertz CT molecular complexity index is 978. The second-order valence-corrected chi connectivity index (χ2v) is 6.98. The maximum absolute atomic E-state index is 12.6. The van der Waals surface area contributed by atoms with Crippen LogP contribution in [0.4, 0.5) is 0 Å². The summed E-state index contributed by atoms with van der Waals surface area (Å²) in [6, 6.07) is 27.2. The van der Waals surface area contributed by atoms with Gasteiger partial charge in [0.1, 0.15) is 0 Å². The molecule has 0 bridgehead atoms. The van der Waals surface area contributed by atoms with Crippen LogP contribution in [0, 0.1) is 0 Å². The second-order valence-electron chi connectivity index (χ2n) is 5.37. The molecule has 0 aliphatic heterocycles. The lowest BCUT2D eigenvalue weighted by molar-refractivity contribution is 0.598. The maximum atomic E-state index is 12.6. The van der Waals surface area contributed by atoms with Crippen molar-refractivity contribution in [2.75, 3.05) is 0 Å². The van der Waals surface area contributed by atoms with Crippen LogP contribution in [-0.4, -0.2) is 14.1 Å². The summed E-state index contributed by atoms with van der Waals surface area (Å²) in [7, 11) is -3.78. The number of allylic oxidation sites excluding steroid dienone is 1. The maximum Gasteiger partial charge on any atom is 0.282 e. The SMILES string of the molecule is O=S(=O)(/N=C(/C=C/c1ccccc1)c1ccccc1)c1ccccc1. The minimum Gasteiger partial charge on any atom is -0.199 e. The van der Waals surface area contributed by atoms with Crippen LogP contribution >= 0.6 is 0 Å². The fourth-order valence-corrected chi connectivity index (χ4v) is 3.33. The van der Waals surface area contributed by atoms with Crippen LogP contribution in [0.3, 0.4) is 0 Å². The summed E-state index contributed by atoms with van der Waals surface area (Å²) in [5.74, 6) is 0. The molecule has 0 amide bonds. The van der Waals surface area contributed by atoms with Crippen molar-refractivity contribution >= 4 is 21.8 Å². The molecule has 25 heavy (non-hydrogen) atoms. The summed E-state index contributed by atoms with van der Waals surface area (Å²) < 4.78 is 29.3. The summed E-state index contributed by atoms with van der Waals surface area (Å²) >= 11 is 0. The molecular weight excluding hydrogens is 330 g/mol. The van der Waals surface area contributed by atoms with Gasteiger partial charge >= 0.3 is 0 Å². The highest BCUT2D eigenvalue weighted by molar-refractivity contribution is 7.90.